The summed E-state index contributed by atoms with van der Waals surface area (Å²) in [6.45, 7) is 7.57. The van der Waals surface area contributed by atoms with E-state index in [-0.39, 0.29) is 19.5 Å². The van der Waals surface area contributed by atoms with Gasteiger partial charge in [-0.15, -0.1) is 11.3 Å². The standard InChI is InChI=1S/C21H24N4O4S2.C2H6/c1-15-22-18-14-17(7-8-20(18)30-15)24-9-11-25(12-10-24)31(28,29)23-19(21(26)27)13-16-5-3-2-4-6-16;1-2/h2-8,14,19,23H,9-13H2,1H3,(H,26,27);1-2H3. The number of nitrogens with one attached hydrogen (secondary N) is 1. The fourth-order valence-electron chi connectivity index (χ4n) is 3.70. The molecule has 1 fully saturated rings. The summed E-state index contributed by atoms with van der Waals surface area (Å²) in [5, 5.41) is 10.5. The number of aliphatic carboxylic acids is 1. The van der Waals surface area contributed by atoms with Crippen LogP contribution in [0, 0.1) is 6.92 Å². The first-order valence-electron chi connectivity index (χ1n) is 11.0. The lowest BCUT2D eigenvalue weighted by atomic mass is 10.1. The zero-order valence-corrected chi connectivity index (χ0v) is 20.7. The van der Waals surface area contributed by atoms with E-state index >= 15 is 0 Å². The topological polar surface area (TPSA) is 103 Å². The molecule has 1 aliphatic rings. The summed E-state index contributed by atoms with van der Waals surface area (Å²) in [4.78, 5) is 18.3. The van der Waals surface area contributed by atoms with Crippen molar-refractivity contribution >= 4 is 43.4 Å². The molecule has 1 saturated heterocycles. The van der Waals surface area contributed by atoms with Crippen molar-refractivity contribution in [2.45, 2.75) is 33.2 Å². The zero-order valence-electron chi connectivity index (χ0n) is 19.1. The lowest BCUT2D eigenvalue weighted by Crippen LogP contribution is -2.55. The van der Waals surface area contributed by atoms with Crippen molar-refractivity contribution in [1.82, 2.24) is 14.0 Å². The summed E-state index contributed by atoms with van der Waals surface area (Å²) in [6, 6.07) is 13.9. The lowest BCUT2D eigenvalue weighted by Gasteiger charge is -2.35. The molecule has 0 saturated carbocycles. The van der Waals surface area contributed by atoms with E-state index in [1.165, 1.54) is 4.31 Å². The quantitative estimate of drug-likeness (QED) is 0.527. The summed E-state index contributed by atoms with van der Waals surface area (Å²) >= 11 is 1.65. The minimum atomic E-state index is -3.92. The number of fused-ring (bicyclic) bond motifs is 1. The average molecular weight is 491 g/mol. The van der Waals surface area contributed by atoms with Crippen LogP contribution >= 0.6 is 11.3 Å². The highest BCUT2D eigenvalue weighted by molar-refractivity contribution is 7.87. The van der Waals surface area contributed by atoms with Gasteiger partial charge < -0.3 is 10.0 Å². The predicted molar refractivity (Wildman–Crippen MR) is 133 cm³/mol. The van der Waals surface area contributed by atoms with E-state index in [9.17, 15) is 18.3 Å². The fraction of sp³-hybridized carbons (Fsp3) is 0.391. The minimum Gasteiger partial charge on any atom is -0.480 e. The number of hydrogen-bond donors (Lipinski definition) is 2. The molecule has 0 aliphatic carbocycles. The monoisotopic (exact) mass is 490 g/mol. The normalized spacial score (nSPS) is 15.7. The minimum absolute atomic E-state index is 0.0858. The van der Waals surface area contributed by atoms with E-state index in [2.05, 4.69) is 14.6 Å². The van der Waals surface area contributed by atoms with Crippen LogP contribution < -0.4 is 9.62 Å². The van der Waals surface area contributed by atoms with Crippen LogP contribution in [0.25, 0.3) is 10.2 Å². The molecule has 1 aliphatic heterocycles. The maximum atomic E-state index is 12.8. The molecule has 1 aromatic heterocycles. The van der Waals surface area contributed by atoms with Gasteiger partial charge in [-0.2, -0.15) is 17.4 Å². The van der Waals surface area contributed by atoms with Crippen LogP contribution in [0.4, 0.5) is 5.69 Å². The number of carboxylic acids is 1. The number of hydrogen-bond acceptors (Lipinski definition) is 6. The molecule has 1 atom stereocenters. The number of anilines is 1. The van der Waals surface area contributed by atoms with Crippen molar-refractivity contribution in [3.63, 3.8) is 0 Å². The van der Waals surface area contributed by atoms with Crippen LogP contribution in [-0.2, 0) is 21.4 Å². The number of rotatable bonds is 7. The Labute approximate surface area is 199 Å². The molecular formula is C23H30N4O4S2. The van der Waals surface area contributed by atoms with Gasteiger partial charge in [0.15, 0.2) is 0 Å². The molecule has 0 radical (unpaired) electrons. The number of aromatic nitrogens is 1. The van der Waals surface area contributed by atoms with Crippen molar-refractivity contribution in [3.8, 4) is 0 Å². The van der Waals surface area contributed by atoms with Gasteiger partial charge in [0, 0.05) is 31.9 Å². The number of aryl methyl sites for hydroxylation is 1. The Morgan fingerprint density at radius 2 is 1.79 bits per heavy atom. The molecule has 178 valence electrons. The van der Waals surface area contributed by atoms with Gasteiger partial charge in [0.25, 0.3) is 10.2 Å². The van der Waals surface area contributed by atoms with Crippen molar-refractivity contribution in [2.75, 3.05) is 31.1 Å². The molecule has 0 amide bonds. The van der Waals surface area contributed by atoms with Crippen molar-refractivity contribution in [2.24, 2.45) is 0 Å². The van der Waals surface area contributed by atoms with Crippen molar-refractivity contribution in [1.29, 1.82) is 0 Å². The first-order valence-corrected chi connectivity index (χ1v) is 13.2. The Balaban J connectivity index is 0.00000149. The number of piperazine rings is 1. The number of benzene rings is 2. The molecule has 33 heavy (non-hydrogen) atoms. The third-order valence-corrected chi connectivity index (χ3v) is 7.87. The van der Waals surface area contributed by atoms with Crippen LogP contribution in [0.2, 0.25) is 0 Å². The van der Waals surface area contributed by atoms with E-state index in [0.29, 0.717) is 13.1 Å². The molecule has 2 aromatic carbocycles. The van der Waals surface area contributed by atoms with Crippen molar-refractivity contribution in [3.05, 3.63) is 59.1 Å². The predicted octanol–water partition coefficient (Wildman–Crippen LogP) is 3.28. The van der Waals surface area contributed by atoms with E-state index in [0.717, 1.165) is 26.5 Å². The molecule has 1 unspecified atom stereocenters. The van der Waals surface area contributed by atoms with E-state index < -0.39 is 22.2 Å². The van der Waals surface area contributed by atoms with Crippen molar-refractivity contribution < 1.29 is 18.3 Å². The number of nitrogens with zero attached hydrogens (tertiary/aromatic N) is 3. The second-order valence-corrected chi connectivity index (χ2v) is 10.4. The summed E-state index contributed by atoms with van der Waals surface area (Å²) in [5.74, 6) is -1.20. The third-order valence-electron chi connectivity index (χ3n) is 5.29. The lowest BCUT2D eigenvalue weighted by molar-refractivity contribution is -0.138. The highest BCUT2D eigenvalue weighted by atomic mass is 32.2. The SMILES string of the molecule is CC.Cc1nc2cc(N3CCN(S(=O)(=O)NC(Cc4ccccc4)C(=O)O)CC3)ccc2s1. The van der Waals surface area contributed by atoms with Gasteiger partial charge in [-0.3, -0.25) is 4.79 Å². The second kappa shape index (κ2) is 11.1. The van der Waals surface area contributed by atoms with Gasteiger partial charge in [0.1, 0.15) is 6.04 Å². The van der Waals surface area contributed by atoms with E-state index in [4.69, 9.17) is 0 Å². The molecule has 2 heterocycles. The summed E-state index contributed by atoms with van der Waals surface area (Å²) in [5.41, 5.74) is 2.72. The Morgan fingerprint density at radius 1 is 1.12 bits per heavy atom. The zero-order chi connectivity index (χ0) is 24.0. The largest absolute Gasteiger partial charge is 0.480 e. The number of thiazole rings is 1. The molecule has 4 rings (SSSR count). The third kappa shape index (κ3) is 6.29. The van der Waals surface area contributed by atoms with Gasteiger partial charge in [-0.25, -0.2) is 4.98 Å². The molecular weight excluding hydrogens is 460 g/mol. The summed E-state index contributed by atoms with van der Waals surface area (Å²) < 4.78 is 30.5. The number of carbonyl (C=O) groups is 1. The molecule has 0 spiro atoms. The van der Waals surface area contributed by atoms with Crippen LogP contribution in [0.3, 0.4) is 0 Å². The van der Waals surface area contributed by atoms with Gasteiger partial charge in [0.05, 0.1) is 15.2 Å². The van der Waals surface area contributed by atoms with E-state index in [1.54, 1.807) is 35.6 Å². The van der Waals surface area contributed by atoms with Crippen LogP contribution in [-0.4, -0.2) is 61.0 Å². The first kappa shape index (κ1) is 25.1. The Hall–Kier alpha value is -2.53. The Morgan fingerprint density at radius 3 is 2.42 bits per heavy atom. The highest BCUT2D eigenvalue weighted by Crippen LogP contribution is 2.27. The second-order valence-electron chi connectivity index (χ2n) is 7.47. The first-order chi connectivity index (χ1) is 15.8. The van der Waals surface area contributed by atoms with Crippen LogP contribution in [0.5, 0.6) is 0 Å². The van der Waals surface area contributed by atoms with Gasteiger partial charge in [-0.05, 0) is 37.1 Å². The Bertz CT molecular complexity index is 1170. The molecule has 0 bridgehead atoms. The fourth-order valence-corrected chi connectivity index (χ4v) is 5.84. The molecule has 8 nitrogen and oxygen atoms in total. The maximum Gasteiger partial charge on any atom is 0.322 e. The molecule has 2 N–H and O–H groups in total. The van der Waals surface area contributed by atoms with Gasteiger partial charge in [0.2, 0.25) is 0 Å². The smallest absolute Gasteiger partial charge is 0.322 e. The molecule has 10 heteroatoms. The average Bonchev–Trinajstić information content (AvgIpc) is 3.20. The van der Waals surface area contributed by atoms with Crippen LogP contribution in [0.1, 0.15) is 24.4 Å². The summed E-state index contributed by atoms with van der Waals surface area (Å²) in [6.07, 6.45) is 0.0858. The maximum absolute atomic E-state index is 12.8. The highest BCUT2D eigenvalue weighted by Gasteiger charge is 2.31. The Kier molecular flexibility index (Phi) is 8.41. The van der Waals surface area contributed by atoms with E-state index in [1.807, 2.05) is 45.0 Å². The molecule has 3 aromatic rings. The van der Waals surface area contributed by atoms with Gasteiger partial charge >= 0.3 is 5.97 Å². The number of carboxylic acid groups (broad SMARTS) is 1. The van der Waals surface area contributed by atoms with Gasteiger partial charge in [-0.1, -0.05) is 44.2 Å². The summed E-state index contributed by atoms with van der Waals surface area (Å²) in [7, 11) is -3.92. The van der Waals surface area contributed by atoms with Crippen LogP contribution in [0.15, 0.2) is 48.5 Å².